The molecule has 1 aromatic rings. The van der Waals surface area contributed by atoms with Gasteiger partial charge in [0.2, 0.25) is 0 Å². The number of rotatable bonds is 2. The highest BCUT2D eigenvalue weighted by atomic mass is 16.4. The summed E-state index contributed by atoms with van der Waals surface area (Å²) in [6.45, 7) is 9.90. The summed E-state index contributed by atoms with van der Waals surface area (Å²) in [5, 5.41) is 17.5. The van der Waals surface area contributed by atoms with Crippen LogP contribution in [0.1, 0.15) is 44.9 Å². The SMILES string of the molecule is CC.CC.Cc1ccc(C(O)C(=O)O)cc1. The van der Waals surface area contributed by atoms with Crippen LogP contribution in [-0.2, 0) is 4.79 Å². The number of aliphatic carboxylic acids is 1. The lowest BCUT2D eigenvalue weighted by Gasteiger charge is -2.04. The van der Waals surface area contributed by atoms with E-state index >= 15 is 0 Å². The number of carbonyl (C=O) groups is 1. The van der Waals surface area contributed by atoms with Gasteiger partial charge in [0.15, 0.2) is 6.10 Å². The third-order valence-corrected chi connectivity index (χ3v) is 1.63. The quantitative estimate of drug-likeness (QED) is 0.814. The Bertz CT molecular complexity index is 278. The maximum absolute atomic E-state index is 10.3. The van der Waals surface area contributed by atoms with Crippen LogP contribution in [0.25, 0.3) is 0 Å². The number of carboxylic acid groups (broad SMARTS) is 1. The molecule has 0 aliphatic heterocycles. The first-order valence-corrected chi connectivity index (χ1v) is 5.58. The Labute approximate surface area is 97.7 Å². The van der Waals surface area contributed by atoms with E-state index in [1.54, 1.807) is 24.3 Å². The number of hydrogen-bond donors (Lipinski definition) is 2. The number of aliphatic hydroxyl groups excluding tert-OH is 1. The molecule has 0 bridgehead atoms. The summed E-state index contributed by atoms with van der Waals surface area (Å²) in [5.74, 6) is -1.22. The number of hydrogen-bond acceptors (Lipinski definition) is 2. The number of aryl methyl sites for hydroxylation is 1. The lowest BCUT2D eigenvalue weighted by Crippen LogP contribution is -2.09. The fourth-order valence-corrected chi connectivity index (χ4v) is 0.891. The fraction of sp³-hybridized carbons (Fsp3) is 0.462. The number of carboxylic acids is 1. The Balaban J connectivity index is 0. The summed E-state index contributed by atoms with van der Waals surface area (Å²) in [7, 11) is 0. The van der Waals surface area contributed by atoms with Gasteiger partial charge in [0.05, 0.1) is 0 Å². The Morgan fingerprint density at radius 3 is 1.75 bits per heavy atom. The molecule has 0 aliphatic rings. The van der Waals surface area contributed by atoms with Crippen LogP contribution in [0.4, 0.5) is 0 Å². The van der Waals surface area contributed by atoms with Gasteiger partial charge in [-0.3, -0.25) is 0 Å². The monoisotopic (exact) mass is 226 g/mol. The van der Waals surface area contributed by atoms with Crippen molar-refractivity contribution in [1.82, 2.24) is 0 Å². The Morgan fingerprint density at radius 2 is 1.44 bits per heavy atom. The average Bonchev–Trinajstić information content (AvgIpc) is 2.34. The van der Waals surface area contributed by atoms with Crippen LogP contribution in [0.5, 0.6) is 0 Å². The van der Waals surface area contributed by atoms with Crippen molar-refractivity contribution in [2.75, 3.05) is 0 Å². The minimum atomic E-state index is -1.41. The molecule has 1 atom stereocenters. The molecule has 0 aliphatic carbocycles. The largest absolute Gasteiger partial charge is 0.479 e. The Morgan fingerprint density at radius 1 is 1.06 bits per heavy atom. The van der Waals surface area contributed by atoms with Crippen LogP contribution < -0.4 is 0 Å². The topological polar surface area (TPSA) is 57.5 Å². The zero-order valence-corrected chi connectivity index (χ0v) is 10.7. The van der Waals surface area contributed by atoms with E-state index in [9.17, 15) is 4.79 Å². The zero-order valence-electron chi connectivity index (χ0n) is 10.7. The second-order valence-electron chi connectivity index (χ2n) is 2.65. The number of benzene rings is 1. The minimum absolute atomic E-state index is 0.410. The molecule has 0 saturated carbocycles. The van der Waals surface area contributed by atoms with Crippen LogP contribution in [0, 0.1) is 6.92 Å². The minimum Gasteiger partial charge on any atom is -0.479 e. The van der Waals surface area contributed by atoms with Gasteiger partial charge in [0.1, 0.15) is 0 Å². The molecule has 1 rings (SSSR count). The molecule has 3 heteroatoms. The van der Waals surface area contributed by atoms with Crippen LogP contribution >= 0.6 is 0 Å². The van der Waals surface area contributed by atoms with Gasteiger partial charge in [-0.1, -0.05) is 57.5 Å². The van der Waals surface area contributed by atoms with Crippen LogP contribution in [-0.4, -0.2) is 16.2 Å². The van der Waals surface area contributed by atoms with Crippen molar-refractivity contribution >= 4 is 5.97 Å². The predicted octanol–water partition coefficient (Wildman–Crippen LogP) is 3.17. The summed E-state index contributed by atoms with van der Waals surface area (Å²) in [5.41, 5.74) is 1.45. The van der Waals surface area contributed by atoms with Gasteiger partial charge < -0.3 is 10.2 Å². The molecule has 0 heterocycles. The molecular weight excluding hydrogens is 204 g/mol. The highest BCUT2D eigenvalue weighted by Crippen LogP contribution is 2.13. The van der Waals surface area contributed by atoms with Crippen LogP contribution in [0.15, 0.2) is 24.3 Å². The molecular formula is C13H22O3. The normalized spacial score (nSPS) is 10.1. The van der Waals surface area contributed by atoms with E-state index in [2.05, 4.69) is 0 Å². The summed E-state index contributed by atoms with van der Waals surface area (Å²) >= 11 is 0. The molecule has 0 radical (unpaired) electrons. The zero-order chi connectivity index (χ0) is 13.1. The maximum Gasteiger partial charge on any atom is 0.337 e. The van der Waals surface area contributed by atoms with Gasteiger partial charge in [0.25, 0.3) is 0 Å². The van der Waals surface area contributed by atoms with Crippen molar-refractivity contribution < 1.29 is 15.0 Å². The van der Waals surface area contributed by atoms with Crippen molar-refractivity contribution in [2.24, 2.45) is 0 Å². The van der Waals surface area contributed by atoms with Crippen molar-refractivity contribution in [3.05, 3.63) is 35.4 Å². The molecule has 1 aromatic carbocycles. The second kappa shape index (κ2) is 10.2. The van der Waals surface area contributed by atoms with E-state index in [0.717, 1.165) is 5.56 Å². The molecule has 92 valence electrons. The van der Waals surface area contributed by atoms with E-state index in [1.165, 1.54) is 0 Å². The summed E-state index contributed by atoms with van der Waals surface area (Å²) in [6.07, 6.45) is -1.41. The van der Waals surface area contributed by atoms with Crippen molar-refractivity contribution in [3.63, 3.8) is 0 Å². The van der Waals surface area contributed by atoms with E-state index < -0.39 is 12.1 Å². The van der Waals surface area contributed by atoms with E-state index in [-0.39, 0.29) is 0 Å². The second-order valence-corrected chi connectivity index (χ2v) is 2.65. The summed E-state index contributed by atoms with van der Waals surface area (Å²) in [6, 6.07) is 6.74. The van der Waals surface area contributed by atoms with Crippen LogP contribution in [0.3, 0.4) is 0 Å². The van der Waals surface area contributed by atoms with Gasteiger partial charge >= 0.3 is 5.97 Å². The molecule has 0 spiro atoms. The summed E-state index contributed by atoms with van der Waals surface area (Å²) < 4.78 is 0. The van der Waals surface area contributed by atoms with Crippen molar-refractivity contribution in [1.29, 1.82) is 0 Å². The highest BCUT2D eigenvalue weighted by Gasteiger charge is 2.14. The molecule has 16 heavy (non-hydrogen) atoms. The predicted molar refractivity (Wildman–Crippen MR) is 66.5 cm³/mol. The first-order chi connectivity index (χ1) is 7.61. The lowest BCUT2D eigenvalue weighted by atomic mass is 10.1. The van der Waals surface area contributed by atoms with E-state index in [0.29, 0.717) is 5.56 Å². The van der Waals surface area contributed by atoms with Gasteiger partial charge in [-0.2, -0.15) is 0 Å². The molecule has 0 saturated heterocycles. The molecule has 0 fully saturated rings. The standard InChI is InChI=1S/C9H10O3.2C2H6/c1-6-2-4-7(5-3-6)8(10)9(11)12;2*1-2/h2-5,8,10H,1H3,(H,11,12);2*1-2H3. The summed E-state index contributed by atoms with van der Waals surface area (Å²) in [4.78, 5) is 10.3. The highest BCUT2D eigenvalue weighted by molar-refractivity contribution is 5.73. The van der Waals surface area contributed by atoms with Gasteiger partial charge in [0, 0.05) is 0 Å². The lowest BCUT2D eigenvalue weighted by molar-refractivity contribution is -0.146. The van der Waals surface area contributed by atoms with Gasteiger partial charge in [-0.15, -0.1) is 0 Å². The number of aliphatic hydroxyl groups is 1. The molecule has 3 nitrogen and oxygen atoms in total. The average molecular weight is 226 g/mol. The van der Waals surface area contributed by atoms with E-state index in [4.69, 9.17) is 10.2 Å². The Hall–Kier alpha value is -1.35. The molecule has 0 amide bonds. The smallest absolute Gasteiger partial charge is 0.337 e. The molecule has 0 aromatic heterocycles. The van der Waals surface area contributed by atoms with Crippen molar-refractivity contribution in [2.45, 2.75) is 40.7 Å². The molecule has 1 unspecified atom stereocenters. The van der Waals surface area contributed by atoms with E-state index in [1.807, 2.05) is 34.6 Å². The maximum atomic E-state index is 10.3. The Kier molecular flexibility index (Phi) is 10.9. The van der Waals surface area contributed by atoms with Crippen LogP contribution in [0.2, 0.25) is 0 Å². The first kappa shape index (κ1) is 17.1. The first-order valence-electron chi connectivity index (χ1n) is 5.58. The fourth-order valence-electron chi connectivity index (χ4n) is 0.891. The van der Waals surface area contributed by atoms with Crippen molar-refractivity contribution in [3.8, 4) is 0 Å². The van der Waals surface area contributed by atoms with Gasteiger partial charge in [-0.25, -0.2) is 4.79 Å². The third kappa shape index (κ3) is 6.19. The third-order valence-electron chi connectivity index (χ3n) is 1.63. The molecule has 2 N–H and O–H groups in total. The van der Waals surface area contributed by atoms with Gasteiger partial charge in [-0.05, 0) is 12.5 Å².